The zero-order valence-electron chi connectivity index (χ0n) is 11.1. The molecule has 0 amide bonds. The maximum Gasteiger partial charge on any atom is 0.0470 e. The molecule has 4 heteroatoms. The van der Waals surface area contributed by atoms with Crippen molar-refractivity contribution in [1.29, 1.82) is 0 Å². The standard InChI is InChI=1S/C14H22BrNOS/c1-3-13(16)14(18-9-5-8-17-2)11-6-4-7-12(15)10-11/h4,6-7,10,13-14H,3,5,8-9,16H2,1-2H3. The van der Waals surface area contributed by atoms with E-state index < -0.39 is 0 Å². The van der Waals surface area contributed by atoms with Gasteiger partial charge in [-0.2, -0.15) is 11.8 Å². The molecule has 0 aromatic heterocycles. The average molecular weight is 332 g/mol. The van der Waals surface area contributed by atoms with E-state index in [0.29, 0.717) is 5.25 Å². The zero-order chi connectivity index (χ0) is 13.4. The molecule has 0 heterocycles. The van der Waals surface area contributed by atoms with Crippen LogP contribution in [0.15, 0.2) is 28.7 Å². The van der Waals surface area contributed by atoms with Crippen LogP contribution in [0.3, 0.4) is 0 Å². The molecular formula is C14H22BrNOS. The number of benzene rings is 1. The Balaban J connectivity index is 2.66. The van der Waals surface area contributed by atoms with Crippen LogP contribution < -0.4 is 5.73 Å². The van der Waals surface area contributed by atoms with Crippen molar-refractivity contribution in [2.24, 2.45) is 5.73 Å². The maximum atomic E-state index is 6.25. The second-order valence-corrected chi connectivity index (χ2v) is 6.43. The first-order valence-corrected chi connectivity index (χ1v) is 8.14. The Hall–Kier alpha value is -0.0300. The molecule has 18 heavy (non-hydrogen) atoms. The number of methoxy groups -OCH3 is 1. The molecule has 0 spiro atoms. The molecule has 0 aliphatic heterocycles. The highest BCUT2D eigenvalue weighted by molar-refractivity contribution is 9.10. The lowest BCUT2D eigenvalue weighted by Crippen LogP contribution is -2.26. The van der Waals surface area contributed by atoms with Gasteiger partial charge in [-0.05, 0) is 36.3 Å². The van der Waals surface area contributed by atoms with Gasteiger partial charge in [0.05, 0.1) is 0 Å². The van der Waals surface area contributed by atoms with E-state index in [1.54, 1.807) is 7.11 Å². The predicted octanol–water partition coefficient (Wildman–Crippen LogP) is 4.00. The number of thioether (sulfide) groups is 1. The molecule has 2 atom stereocenters. The summed E-state index contributed by atoms with van der Waals surface area (Å²) in [7, 11) is 1.74. The van der Waals surface area contributed by atoms with Gasteiger partial charge in [-0.1, -0.05) is 35.0 Å². The summed E-state index contributed by atoms with van der Waals surface area (Å²) in [6.45, 7) is 2.96. The smallest absolute Gasteiger partial charge is 0.0470 e. The third kappa shape index (κ3) is 5.31. The molecule has 0 aliphatic carbocycles. The van der Waals surface area contributed by atoms with Crippen LogP contribution in [-0.4, -0.2) is 25.5 Å². The van der Waals surface area contributed by atoms with E-state index >= 15 is 0 Å². The molecule has 1 rings (SSSR count). The van der Waals surface area contributed by atoms with Crippen molar-refractivity contribution in [3.05, 3.63) is 34.3 Å². The highest BCUT2D eigenvalue weighted by Crippen LogP contribution is 2.34. The fourth-order valence-corrected chi connectivity index (χ4v) is 3.51. The van der Waals surface area contributed by atoms with Gasteiger partial charge in [0, 0.05) is 29.5 Å². The number of nitrogens with two attached hydrogens (primary N) is 1. The molecule has 0 aliphatic rings. The molecule has 2 N–H and O–H groups in total. The summed E-state index contributed by atoms with van der Waals surface area (Å²) in [6.07, 6.45) is 2.07. The van der Waals surface area contributed by atoms with E-state index in [9.17, 15) is 0 Å². The molecule has 0 radical (unpaired) electrons. The fourth-order valence-electron chi connectivity index (χ4n) is 1.78. The minimum absolute atomic E-state index is 0.201. The Labute approximate surface area is 123 Å². The highest BCUT2D eigenvalue weighted by Gasteiger charge is 2.18. The van der Waals surface area contributed by atoms with E-state index in [1.807, 2.05) is 17.8 Å². The number of hydrogen-bond acceptors (Lipinski definition) is 3. The SMILES string of the molecule is CCC(N)C(SCCCOC)c1cccc(Br)c1. The lowest BCUT2D eigenvalue weighted by atomic mass is 10.0. The molecule has 2 nitrogen and oxygen atoms in total. The van der Waals surface area contributed by atoms with Gasteiger partial charge in [-0.3, -0.25) is 0 Å². The Kier molecular flexibility index (Phi) is 7.98. The van der Waals surface area contributed by atoms with E-state index in [2.05, 4.69) is 41.1 Å². The van der Waals surface area contributed by atoms with Crippen molar-refractivity contribution < 1.29 is 4.74 Å². The Morgan fingerprint density at radius 2 is 2.22 bits per heavy atom. The van der Waals surface area contributed by atoms with Gasteiger partial charge >= 0.3 is 0 Å². The Bertz CT molecular complexity index is 348. The van der Waals surface area contributed by atoms with Crippen molar-refractivity contribution >= 4 is 27.7 Å². The summed E-state index contributed by atoms with van der Waals surface area (Å²) in [5.41, 5.74) is 7.55. The Morgan fingerprint density at radius 3 is 2.83 bits per heavy atom. The van der Waals surface area contributed by atoms with Crippen molar-refractivity contribution in [1.82, 2.24) is 0 Å². The van der Waals surface area contributed by atoms with E-state index in [1.165, 1.54) is 5.56 Å². The number of rotatable bonds is 8. The quantitative estimate of drug-likeness (QED) is 0.731. The largest absolute Gasteiger partial charge is 0.385 e. The fraction of sp³-hybridized carbons (Fsp3) is 0.571. The molecule has 0 bridgehead atoms. The second-order valence-electron chi connectivity index (χ2n) is 4.26. The van der Waals surface area contributed by atoms with Crippen LogP contribution in [0.2, 0.25) is 0 Å². The lowest BCUT2D eigenvalue weighted by Gasteiger charge is -2.23. The first kappa shape index (κ1) is 16.0. The first-order chi connectivity index (χ1) is 8.69. The molecule has 102 valence electrons. The monoisotopic (exact) mass is 331 g/mol. The van der Waals surface area contributed by atoms with Crippen LogP contribution in [0, 0.1) is 0 Å². The van der Waals surface area contributed by atoms with Crippen LogP contribution in [0.1, 0.15) is 30.6 Å². The van der Waals surface area contributed by atoms with Gasteiger partial charge < -0.3 is 10.5 Å². The lowest BCUT2D eigenvalue weighted by molar-refractivity contribution is 0.200. The summed E-state index contributed by atoms with van der Waals surface area (Å²) in [4.78, 5) is 0. The third-order valence-electron chi connectivity index (χ3n) is 2.83. The summed E-state index contributed by atoms with van der Waals surface area (Å²) in [5, 5.41) is 0.365. The van der Waals surface area contributed by atoms with Crippen molar-refractivity contribution in [2.75, 3.05) is 19.5 Å². The van der Waals surface area contributed by atoms with Crippen molar-refractivity contribution in [3.8, 4) is 0 Å². The van der Waals surface area contributed by atoms with Crippen LogP contribution >= 0.6 is 27.7 Å². The number of hydrogen-bond donors (Lipinski definition) is 1. The molecule has 0 saturated carbocycles. The summed E-state index contributed by atoms with van der Waals surface area (Å²) >= 11 is 5.45. The van der Waals surface area contributed by atoms with E-state index in [0.717, 1.165) is 29.7 Å². The average Bonchev–Trinajstić information content (AvgIpc) is 2.38. The number of ether oxygens (including phenoxy) is 1. The summed E-state index contributed by atoms with van der Waals surface area (Å²) in [6, 6.07) is 8.66. The van der Waals surface area contributed by atoms with Gasteiger partial charge in [0.15, 0.2) is 0 Å². The minimum atomic E-state index is 0.201. The van der Waals surface area contributed by atoms with Gasteiger partial charge in [-0.15, -0.1) is 0 Å². The molecule has 1 aromatic carbocycles. The van der Waals surface area contributed by atoms with Gasteiger partial charge in [0.25, 0.3) is 0 Å². The van der Waals surface area contributed by atoms with Crippen LogP contribution in [-0.2, 0) is 4.74 Å². The van der Waals surface area contributed by atoms with Crippen molar-refractivity contribution in [2.45, 2.75) is 31.1 Å². The summed E-state index contributed by atoms with van der Waals surface area (Å²) in [5.74, 6) is 1.08. The van der Waals surface area contributed by atoms with Crippen molar-refractivity contribution in [3.63, 3.8) is 0 Å². The number of halogens is 1. The molecule has 0 fully saturated rings. The van der Waals surface area contributed by atoms with Gasteiger partial charge in [0.1, 0.15) is 0 Å². The van der Waals surface area contributed by atoms with Gasteiger partial charge in [0.2, 0.25) is 0 Å². The highest BCUT2D eigenvalue weighted by atomic mass is 79.9. The van der Waals surface area contributed by atoms with Crippen LogP contribution in [0.5, 0.6) is 0 Å². The third-order valence-corrected chi connectivity index (χ3v) is 4.83. The normalized spacial score (nSPS) is 14.4. The zero-order valence-corrected chi connectivity index (χ0v) is 13.5. The minimum Gasteiger partial charge on any atom is -0.385 e. The van der Waals surface area contributed by atoms with Crippen LogP contribution in [0.4, 0.5) is 0 Å². The predicted molar refractivity (Wildman–Crippen MR) is 84.1 cm³/mol. The topological polar surface area (TPSA) is 35.2 Å². The van der Waals surface area contributed by atoms with Gasteiger partial charge in [-0.25, -0.2) is 0 Å². The molecule has 0 saturated heterocycles. The second kappa shape index (κ2) is 8.97. The van der Waals surface area contributed by atoms with E-state index in [-0.39, 0.29) is 6.04 Å². The summed E-state index contributed by atoms with van der Waals surface area (Å²) < 4.78 is 6.20. The van der Waals surface area contributed by atoms with Crippen LogP contribution in [0.25, 0.3) is 0 Å². The molecular weight excluding hydrogens is 310 g/mol. The molecule has 2 unspecified atom stereocenters. The first-order valence-electron chi connectivity index (χ1n) is 6.30. The Morgan fingerprint density at radius 1 is 1.44 bits per heavy atom. The maximum absolute atomic E-state index is 6.25. The molecule has 1 aromatic rings. The van der Waals surface area contributed by atoms with E-state index in [4.69, 9.17) is 10.5 Å².